The van der Waals surface area contributed by atoms with E-state index in [1.165, 1.54) is 0 Å². The lowest BCUT2D eigenvalue weighted by molar-refractivity contribution is -0.0246. The van der Waals surface area contributed by atoms with E-state index in [0.29, 0.717) is 18.4 Å². The zero-order valence-electron chi connectivity index (χ0n) is 12.9. The fourth-order valence-electron chi connectivity index (χ4n) is 2.86. The number of rotatable bonds is 6. The normalized spacial score (nSPS) is 21.4. The molecule has 20 heavy (non-hydrogen) atoms. The molecule has 2 rings (SSSR count). The van der Waals surface area contributed by atoms with E-state index in [1.807, 2.05) is 32.9 Å². The van der Waals surface area contributed by atoms with Gasteiger partial charge < -0.3 is 9.47 Å². The second kappa shape index (κ2) is 6.40. The number of carbonyl (C=O) groups is 1. The molecule has 0 amide bonds. The van der Waals surface area contributed by atoms with E-state index < -0.39 is 0 Å². The highest BCUT2D eigenvalue weighted by Crippen LogP contribution is 2.35. The Hall–Kier alpha value is -1.35. The van der Waals surface area contributed by atoms with Gasteiger partial charge in [0.2, 0.25) is 0 Å². The van der Waals surface area contributed by atoms with Crippen LogP contribution in [0.3, 0.4) is 0 Å². The predicted octanol–water partition coefficient (Wildman–Crippen LogP) is 3.70. The third-order valence-electron chi connectivity index (χ3n) is 4.25. The summed E-state index contributed by atoms with van der Waals surface area (Å²) in [5.41, 5.74) is 2.92. The summed E-state index contributed by atoms with van der Waals surface area (Å²) in [6.07, 6.45) is 2.97. The topological polar surface area (TPSA) is 35.5 Å². The van der Waals surface area contributed by atoms with Crippen molar-refractivity contribution in [1.29, 1.82) is 0 Å². The van der Waals surface area contributed by atoms with E-state index in [-0.39, 0.29) is 5.78 Å². The smallest absolute Gasteiger partial charge is 0.166 e. The molecule has 0 atom stereocenters. The largest absolute Gasteiger partial charge is 0.496 e. The summed E-state index contributed by atoms with van der Waals surface area (Å²) in [6, 6.07) is 3.89. The van der Waals surface area contributed by atoms with Gasteiger partial charge in [-0.1, -0.05) is 6.07 Å². The maximum Gasteiger partial charge on any atom is 0.166 e. The Kier molecular flexibility index (Phi) is 4.81. The second-order valence-corrected chi connectivity index (χ2v) is 5.63. The standard InChI is InChI=1S/C17H24O3/c1-5-20-14-8-13(9-14)10-16(18)15-7-6-11(2)12(3)17(15)19-4/h6-7,13-14H,5,8-10H2,1-4H3. The first-order chi connectivity index (χ1) is 9.56. The molecule has 0 saturated heterocycles. The lowest BCUT2D eigenvalue weighted by Gasteiger charge is -2.34. The highest BCUT2D eigenvalue weighted by atomic mass is 16.5. The summed E-state index contributed by atoms with van der Waals surface area (Å²) in [4.78, 5) is 12.4. The third kappa shape index (κ3) is 3.04. The summed E-state index contributed by atoms with van der Waals surface area (Å²) in [7, 11) is 1.63. The summed E-state index contributed by atoms with van der Waals surface area (Å²) in [5, 5.41) is 0. The van der Waals surface area contributed by atoms with Crippen molar-refractivity contribution >= 4 is 5.78 Å². The van der Waals surface area contributed by atoms with Gasteiger partial charge in [0.1, 0.15) is 5.75 Å². The van der Waals surface area contributed by atoms with Crippen LogP contribution in [0.15, 0.2) is 12.1 Å². The van der Waals surface area contributed by atoms with Crippen molar-refractivity contribution < 1.29 is 14.3 Å². The Balaban J connectivity index is 2.02. The minimum absolute atomic E-state index is 0.185. The van der Waals surface area contributed by atoms with Crippen LogP contribution in [0.25, 0.3) is 0 Å². The van der Waals surface area contributed by atoms with Crippen LogP contribution < -0.4 is 4.74 Å². The van der Waals surface area contributed by atoms with Gasteiger partial charge in [-0.05, 0) is 56.7 Å². The summed E-state index contributed by atoms with van der Waals surface area (Å²) < 4.78 is 11.0. The molecule has 1 saturated carbocycles. The molecule has 0 radical (unpaired) electrons. The molecule has 3 nitrogen and oxygen atoms in total. The fraction of sp³-hybridized carbons (Fsp3) is 0.588. The van der Waals surface area contributed by atoms with Crippen molar-refractivity contribution in [2.24, 2.45) is 5.92 Å². The van der Waals surface area contributed by atoms with Gasteiger partial charge in [-0.15, -0.1) is 0 Å². The van der Waals surface area contributed by atoms with Gasteiger partial charge in [-0.3, -0.25) is 4.79 Å². The van der Waals surface area contributed by atoms with Crippen molar-refractivity contribution in [2.45, 2.75) is 46.1 Å². The van der Waals surface area contributed by atoms with Crippen LogP contribution in [0.1, 0.15) is 47.7 Å². The molecule has 0 N–H and O–H groups in total. The average molecular weight is 276 g/mol. The van der Waals surface area contributed by atoms with E-state index in [2.05, 4.69) is 0 Å². The number of ketones is 1. The zero-order valence-corrected chi connectivity index (χ0v) is 12.9. The van der Waals surface area contributed by atoms with Crippen LogP contribution >= 0.6 is 0 Å². The maximum atomic E-state index is 12.4. The Morgan fingerprint density at radius 3 is 2.60 bits per heavy atom. The van der Waals surface area contributed by atoms with Crippen LogP contribution in [0.2, 0.25) is 0 Å². The van der Waals surface area contributed by atoms with Gasteiger partial charge in [-0.25, -0.2) is 0 Å². The number of ether oxygens (including phenoxy) is 2. The molecule has 0 aromatic heterocycles. The SMILES string of the molecule is CCOC1CC(CC(=O)c2ccc(C)c(C)c2OC)C1. The Labute approximate surface area is 121 Å². The van der Waals surface area contributed by atoms with E-state index >= 15 is 0 Å². The number of carbonyl (C=O) groups excluding carboxylic acids is 1. The van der Waals surface area contributed by atoms with Gasteiger partial charge in [0.05, 0.1) is 18.8 Å². The minimum atomic E-state index is 0.185. The number of hydrogen-bond donors (Lipinski definition) is 0. The van der Waals surface area contributed by atoms with Crippen molar-refractivity contribution in [1.82, 2.24) is 0 Å². The number of methoxy groups -OCH3 is 1. The highest BCUT2D eigenvalue weighted by molar-refractivity contribution is 5.99. The number of hydrogen-bond acceptors (Lipinski definition) is 3. The Bertz CT molecular complexity index is 487. The molecule has 0 aliphatic heterocycles. The van der Waals surface area contributed by atoms with E-state index in [0.717, 1.165) is 41.9 Å². The molecule has 1 aromatic carbocycles. The third-order valence-corrected chi connectivity index (χ3v) is 4.25. The van der Waals surface area contributed by atoms with Gasteiger partial charge in [0.15, 0.2) is 5.78 Å². The van der Waals surface area contributed by atoms with Crippen LogP contribution in [-0.2, 0) is 4.74 Å². The van der Waals surface area contributed by atoms with Gasteiger partial charge in [0.25, 0.3) is 0 Å². The molecule has 0 heterocycles. The molecule has 110 valence electrons. The summed E-state index contributed by atoms with van der Waals surface area (Å²) in [5.74, 6) is 1.38. The molecule has 1 fully saturated rings. The first-order valence-corrected chi connectivity index (χ1v) is 7.35. The Morgan fingerprint density at radius 2 is 2.00 bits per heavy atom. The van der Waals surface area contributed by atoms with Crippen molar-refractivity contribution in [3.63, 3.8) is 0 Å². The molecule has 1 aliphatic rings. The first-order valence-electron chi connectivity index (χ1n) is 7.35. The molecule has 0 bridgehead atoms. The number of Topliss-reactive ketones (excluding diaryl/α,β-unsaturated/α-hetero) is 1. The van der Waals surface area contributed by atoms with Crippen LogP contribution in [0.5, 0.6) is 5.75 Å². The molecule has 0 spiro atoms. The highest BCUT2D eigenvalue weighted by Gasteiger charge is 2.32. The fourth-order valence-corrected chi connectivity index (χ4v) is 2.86. The molecule has 0 unspecified atom stereocenters. The van der Waals surface area contributed by atoms with Gasteiger partial charge >= 0.3 is 0 Å². The van der Waals surface area contributed by atoms with Gasteiger partial charge in [-0.2, -0.15) is 0 Å². The second-order valence-electron chi connectivity index (χ2n) is 5.63. The molecular formula is C17H24O3. The van der Waals surface area contributed by atoms with Crippen molar-refractivity contribution in [2.75, 3.05) is 13.7 Å². The first kappa shape index (κ1) is 15.0. The number of aryl methyl sites for hydroxylation is 1. The van der Waals surface area contributed by atoms with E-state index in [9.17, 15) is 4.79 Å². The monoisotopic (exact) mass is 276 g/mol. The number of benzene rings is 1. The average Bonchev–Trinajstić information content (AvgIpc) is 2.39. The maximum absolute atomic E-state index is 12.4. The van der Waals surface area contributed by atoms with Crippen molar-refractivity contribution in [3.05, 3.63) is 28.8 Å². The lowest BCUT2D eigenvalue weighted by Crippen LogP contribution is -2.32. The lowest BCUT2D eigenvalue weighted by atomic mass is 9.78. The van der Waals surface area contributed by atoms with E-state index in [4.69, 9.17) is 9.47 Å². The molecule has 1 aromatic rings. The molecule has 1 aliphatic carbocycles. The van der Waals surface area contributed by atoms with Crippen molar-refractivity contribution in [3.8, 4) is 5.75 Å². The molecule has 3 heteroatoms. The van der Waals surface area contributed by atoms with Crippen LogP contribution in [-0.4, -0.2) is 25.6 Å². The van der Waals surface area contributed by atoms with Crippen LogP contribution in [0, 0.1) is 19.8 Å². The summed E-state index contributed by atoms with van der Waals surface area (Å²) >= 11 is 0. The Morgan fingerprint density at radius 1 is 1.30 bits per heavy atom. The summed E-state index contributed by atoms with van der Waals surface area (Å²) in [6.45, 7) is 6.80. The molecular weight excluding hydrogens is 252 g/mol. The zero-order chi connectivity index (χ0) is 14.7. The van der Waals surface area contributed by atoms with Crippen LogP contribution in [0.4, 0.5) is 0 Å². The van der Waals surface area contributed by atoms with E-state index in [1.54, 1.807) is 7.11 Å². The quantitative estimate of drug-likeness (QED) is 0.743. The van der Waals surface area contributed by atoms with Gasteiger partial charge in [0, 0.05) is 13.0 Å². The predicted molar refractivity (Wildman–Crippen MR) is 79.6 cm³/mol. The minimum Gasteiger partial charge on any atom is -0.496 e.